The zero-order chi connectivity index (χ0) is 19.5. The number of anilines is 2. The topological polar surface area (TPSA) is 75.3 Å². The fraction of sp³-hybridized carbons (Fsp3) is 0.278. The standard InChI is InChI=1S/C18H21ClN2O3S2/c1-11(2)18(22)20-16-10-14(7-8-17(16)25-4)26(23,24)21-13-6-5-12(3)15(19)9-13/h5-11,21H,1-4H3,(H,20,22). The average molecular weight is 413 g/mol. The number of hydrogen-bond donors (Lipinski definition) is 2. The molecule has 0 aromatic heterocycles. The lowest BCUT2D eigenvalue weighted by molar-refractivity contribution is -0.118. The number of aryl methyl sites for hydroxylation is 1. The molecule has 0 aliphatic rings. The predicted molar refractivity (Wildman–Crippen MR) is 109 cm³/mol. The highest BCUT2D eigenvalue weighted by Crippen LogP contribution is 2.30. The van der Waals surface area contributed by atoms with Crippen LogP contribution in [0.2, 0.25) is 5.02 Å². The summed E-state index contributed by atoms with van der Waals surface area (Å²) < 4.78 is 27.9. The summed E-state index contributed by atoms with van der Waals surface area (Å²) in [4.78, 5) is 12.9. The van der Waals surface area contributed by atoms with Gasteiger partial charge < -0.3 is 5.32 Å². The molecule has 0 heterocycles. The monoisotopic (exact) mass is 412 g/mol. The highest BCUT2D eigenvalue weighted by molar-refractivity contribution is 7.98. The molecule has 1 amide bonds. The number of thioether (sulfide) groups is 1. The highest BCUT2D eigenvalue weighted by Gasteiger charge is 2.18. The molecule has 0 radical (unpaired) electrons. The van der Waals surface area contributed by atoms with Crippen molar-refractivity contribution in [2.75, 3.05) is 16.3 Å². The molecule has 0 spiro atoms. The van der Waals surface area contributed by atoms with Crippen molar-refractivity contribution >= 4 is 50.7 Å². The van der Waals surface area contributed by atoms with Gasteiger partial charge in [-0.3, -0.25) is 9.52 Å². The van der Waals surface area contributed by atoms with Crippen molar-refractivity contribution in [2.45, 2.75) is 30.6 Å². The fourth-order valence-electron chi connectivity index (χ4n) is 2.10. The Bertz CT molecular complexity index is 928. The second kappa shape index (κ2) is 8.33. The third-order valence-corrected chi connectivity index (χ3v) is 6.27. The van der Waals surface area contributed by atoms with Gasteiger partial charge in [0.25, 0.3) is 10.0 Å². The van der Waals surface area contributed by atoms with E-state index in [1.165, 1.54) is 23.9 Å². The second-order valence-electron chi connectivity index (χ2n) is 6.08. The number of sulfonamides is 1. The molecule has 0 bridgehead atoms. The van der Waals surface area contributed by atoms with Gasteiger partial charge in [-0.2, -0.15) is 0 Å². The molecule has 2 aromatic rings. The van der Waals surface area contributed by atoms with E-state index in [0.29, 0.717) is 16.4 Å². The van der Waals surface area contributed by atoms with E-state index >= 15 is 0 Å². The van der Waals surface area contributed by atoms with Crippen molar-refractivity contribution in [3.8, 4) is 0 Å². The number of carbonyl (C=O) groups excluding carboxylic acids is 1. The Labute approximate surface area is 163 Å². The van der Waals surface area contributed by atoms with Crippen LogP contribution < -0.4 is 10.0 Å². The molecule has 0 aliphatic heterocycles. The minimum absolute atomic E-state index is 0.0612. The Kier molecular flexibility index (Phi) is 6.60. The first-order chi connectivity index (χ1) is 12.1. The van der Waals surface area contributed by atoms with E-state index in [-0.39, 0.29) is 16.7 Å². The SMILES string of the molecule is CSc1ccc(S(=O)(=O)Nc2ccc(C)c(Cl)c2)cc1NC(=O)C(C)C. The Hall–Kier alpha value is -1.70. The second-order valence-corrected chi connectivity index (χ2v) is 9.01. The first-order valence-corrected chi connectivity index (χ1v) is 11.0. The number of nitrogens with one attached hydrogen (secondary N) is 2. The largest absolute Gasteiger partial charge is 0.325 e. The van der Waals surface area contributed by atoms with Crippen molar-refractivity contribution < 1.29 is 13.2 Å². The number of benzene rings is 2. The van der Waals surface area contributed by atoms with Crippen molar-refractivity contribution in [3.63, 3.8) is 0 Å². The molecule has 5 nitrogen and oxygen atoms in total. The summed E-state index contributed by atoms with van der Waals surface area (Å²) in [5, 5.41) is 3.26. The molecule has 0 fully saturated rings. The summed E-state index contributed by atoms with van der Waals surface area (Å²) in [6.07, 6.45) is 1.86. The van der Waals surface area contributed by atoms with Crippen molar-refractivity contribution in [2.24, 2.45) is 5.92 Å². The Balaban J connectivity index is 2.36. The van der Waals surface area contributed by atoms with Gasteiger partial charge in [-0.25, -0.2) is 8.42 Å². The maximum absolute atomic E-state index is 12.7. The van der Waals surface area contributed by atoms with Crippen LogP contribution in [0.4, 0.5) is 11.4 Å². The van der Waals surface area contributed by atoms with E-state index in [1.807, 2.05) is 13.2 Å². The van der Waals surface area contributed by atoms with Gasteiger partial charge in [-0.05, 0) is 49.1 Å². The first kappa shape index (κ1) is 20.6. The molecule has 0 unspecified atom stereocenters. The number of amides is 1. The summed E-state index contributed by atoms with van der Waals surface area (Å²) in [6, 6.07) is 9.60. The minimum atomic E-state index is -3.82. The minimum Gasteiger partial charge on any atom is -0.325 e. The predicted octanol–water partition coefficient (Wildman–Crippen LogP) is 4.77. The van der Waals surface area contributed by atoms with Gasteiger partial charge >= 0.3 is 0 Å². The summed E-state index contributed by atoms with van der Waals surface area (Å²) >= 11 is 7.48. The van der Waals surface area contributed by atoms with Crippen LogP contribution in [0, 0.1) is 12.8 Å². The normalized spacial score (nSPS) is 11.5. The van der Waals surface area contributed by atoms with E-state index in [9.17, 15) is 13.2 Å². The molecule has 0 saturated heterocycles. The maximum atomic E-state index is 12.7. The number of carbonyl (C=O) groups is 1. The van der Waals surface area contributed by atoms with Crippen molar-refractivity contribution in [1.29, 1.82) is 0 Å². The Morgan fingerprint density at radius 3 is 2.42 bits per heavy atom. The molecule has 2 N–H and O–H groups in total. The maximum Gasteiger partial charge on any atom is 0.261 e. The van der Waals surface area contributed by atoms with Crippen LogP contribution in [0.5, 0.6) is 0 Å². The van der Waals surface area contributed by atoms with Crippen molar-refractivity contribution in [1.82, 2.24) is 0 Å². The zero-order valence-corrected chi connectivity index (χ0v) is 17.3. The lowest BCUT2D eigenvalue weighted by Crippen LogP contribution is -2.19. The third kappa shape index (κ3) is 4.93. The average Bonchev–Trinajstić information content (AvgIpc) is 2.57. The molecule has 26 heavy (non-hydrogen) atoms. The fourth-order valence-corrected chi connectivity index (χ4v) is 3.89. The summed E-state index contributed by atoms with van der Waals surface area (Å²) in [7, 11) is -3.82. The van der Waals surface area contributed by atoms with Crippen LogP contribution in [0.1, 0.15) is 19.4 Å². The summed E-state index contributed by atoms with van der Waals surface area (Å²) in [6.45, 7) is 5.39. The number of rotatable bonds is 6. The lowest BCUT2D eigenvalue weighted by Gasteiger charge is -2.14. The van der Waals surface area contributed by atoms with Gasteiger partial charge in [-0.15, -0.1) is 11.8 Å². The molecular weight excluding hydrogens is 392 g/mol. The van der Waals surface area contributed by atoms with Gasteiger partial charge in [0.1, 0.15) is 0 Å². The molecule has 140 valence electrons. The molecule has 0 atom stereocenters. The molecule has 2 rings (SSSR count). The molecule has 0 saturated carbocycles. The first-order valence-electron chi connectivity index (χ1n) is 7.92. The highest BCUT2D eigenvalue weighted by atomic mass is 35.5. The van der Waals surface area contributed by atoms with Crippen LogP contribution in [0.3, 0.4) is 0 Å². The summed E-state index contributed by atoms with van der Waals surface area (Å²) in [5.74, 6) is -0.383. The van der Waals surface area contributed by atoms with Crippen molar-refractivity contribution in [3.05, 3.63) is 47.0 Å². The molecule has 0 aliphatic carbocycles. The van der Waals surface area contributed by atoms with Crippen LogP contribution >= 0.6 is 23.4 Å². The van der Waals surface area contributed by atoms with Crippen LogP contribution in [0.15, 0.2) is 46.2 Å². The van der Waals surface area contributed by atoms with Crippen LogP contribution in [-0.4, -0.2) is 20.6 Å². The van der Waals surface area contributed by atoms with E-state index in [0.717, 1.165) is 10.5 Å². The molecule has 8 heteroatoms. The molecular formula is C18H21ClN2O3S2. The van der Waals surface area contributed by atoms with E-state index in [2.05, 4.69) is 10.0 Å². The van der Waals surface area contributed by atoms with Crippen LogP contribution in [0.25, 0.3) is 0 Å². The van der Waals surface area contributed by atoms with E-state index in [1.54, 1.807) is 38.1 Å². The van der Waals surface area contributed by atoms with Gasteiger partial charge in [-0.1, -0.05) is 31.5 Å². The molecule has 2 aromatic carbocycles. The van der Waals surface area contributed by atoms with Crippen LogP contribution in [-0.2, 0) is 14.8 Å². The van der Waals surface area contributed by atoms with Gasteiger partial charge in [0, 0.05) is 15.8 Å². The number of halogens is 1. The Morgan fingerprint density at radius 2 is 1.85 bits per heavy atom. The smallest absolute Gasteiger partial charge is 0.261 e. The van der Waals surface area contributed by atoms with Gasteiger partial charge in [0.2, 0.25) is 5.91 Å². The quantitative estimate of drug-likeness (QED) is 0.670. The number of hydrogen-bond acceptors (Lipinski definition) is 4. The van der Waals surface area contributed by atoms with E-state index in [4.69, 9.17) is 11.6 Å². The third-order valence-electron chi connectivity index (χ3n) is 3.69. The van der Waals surface area contributed by atoms with E-state index < -0.39 is 10.0 Å². The zero-order valence-electron chi connectivity index (χ0n) is 15.0. The van der Waals surface area contributed by atoms with Gasteiger partial charge in [0.05, 0.1) is 16.3 Å². The summed E-state index contributed by atoms with van der Waals surface area (Å²) in [5.41, 5.74) is 1.71. The van der Waals surface area contributed by atoms with Gasteiger partial charge in [0.15, 0.2) is 0 Å². The lowest BCUT2D eigenvalue weighted by atomic mass is 10.2. The Morgan fingerprint density at radius 1 is 1.15 bits per heavy atom.